The predicted octanol–water partition coefficient (Wildman–Crippen LogP) is 3.30. The van der Waals surface area contributed by atoms with E-state index >= 15 is 0 Å². The topological polar surface area (TPSA) is 99.5 Å². The van der Waals surface area contributed by atoms with Gasteiger partial charge in [-0.2, -0.15) is 5.10 Å². The van der Waals surface area contributed by atoms with Crippen molar-refractivity contribution >= 4 is 27.6 Å². The zero-order valence-corrected chi connectivity index (χ0v) is 18.4. The minimum Gasteiger partial charge on any atom is -0.454 e. The summed E-state index contributed by atoms with van der Waals surface area (Å²) in [6.45, 7) is 4.19. The van der Waals surface area contributed by atoms with Crippen molar-refractivity contribution in [2.45, 2.75) is 25.4 Å². The molecule has 164 valence electrons. The largest absolute Gasteiger partial charge is 0.454 e. The zero-order chi connectivity index (χ0) is 22.5. The molecule has 0 spiro atoms. The first-order valence-electron chi connectivity index (χ1n) is 10.1. The van der Waals surface area contributed by atoms with Crippen LogP contribution in [0, 0.1) is 13.8 Å². The smallest absolute Gasteiger partial charge is 0.249 e. The summed E-state index contributed by atoms with van der Waals surface area (Å²) in [6.07, 6.45) is 3.05. The molecule has 1 N–H and O–H groups in total. The van der Waals surface area contributed by atoms with Crippen molar-refractivity contribution in [3.8, 4) is 17.2 Å². The maximum Gasteiger partial charge on any atom is 0.249 e. The van der Waals surface area contributed by atoms with Crippen LogP contribution < -0.4 is 14.8 Å². The fraction of sp³-hybridized carbons (Fsp3) is 0.217. The highest BCUT2D eigenvalue weighted by molar-refractivity contribution is 7.90. The Morgan fingerprint density at radius 1 is 1.06 bits per heavy atom. The number of aryl methyl sites for hydroxylation is 2. The summed E-state index contributed by atoms with van der Waals surface area (Å²) in [5, 5.41) is 7.34. The SMILES string of the molecule is Cc1ccc(-n2nc3c(c2NC(=O)C=Cc2ccc4c(c2)OCO4)CS(=O)(=O)C3)cc1C. The van der Waals surface area contributed by atoms with Gasteiger partial charge in [-0.05, 0) is 60.9 Å². The van der Waals surface area contributed by atoms with E-state index in [1.807, 2.05) is 38.1 Å². The van der Waals surface area contributed by atoms with Gasteiger partial charge in [0.05, 0.1) is 22.9 Å². The van der Waals surface area contributed by atoms with Gasteiger partial charge in [0.25, 0.3) is 0 Å². The van der Waals surface area contributed by atoms with Crippen molar-refractivity contribution in [3.63, 3.8) is 0 Å². The van der Waals surface area contributed by atoms with Gasteiger partial charge in [0.1, 0.15) is 5.82 Å². The second-order valence-electron chi connectivity index (χ2n) is 7.92. The Morgan fingerprint density at radius 2 is 1.88 bits per heavy atom. The van der Waals surface area contributed by atoms with E-state index in [0.717, 1.165) is 22.4 Å². The molecule has 0 aliphatic carbocycles. The summed E-state index contributed by atoms with van der Waals surface area (Å²) in [5.41, 5.74) is 4.75. The molecule has 0 bridgehead atoms. The van der Waals surface area contributed by atoms with E-state index in [0.29, 0.717) is 28.6 Å². The van der Waals surface area contributed by atoms with Crippen LogP contribution in [0.5, 0.6) is 11.5 Å². The maximum absolute atomic E-state index is 12.7. The fourth-order valence-corrected chi connectivity index (χ4v) is 5.26. The van der Waals surface area contributed by atoms with Crippen LogP contribution in [0.3, 0.4) is 0 Å². The van der Waals surface area contributed by atoms with Gasteiger partial charge in [0.15, 0.2) is 21.3 Å². The molecule has 1 amide bonds. The van der Waals surface area contributed by atoms with Crippen molar-refractivity contribution in [3.05, 3.63) is 70.4 Å². The lowest BCUT2D eigenvalue weighted by atomic mass is 10.1. The number of sulfone groups is 1. The molecule has 8 nitrogen and oxygen atoms in total. The molecule has 0 fully saturated rings. The highest BCUT2D eigenvalue weighted by Crippen LogP contribution is 2.34. The van der Waals surface area contributed by atoms with Crippen molar-refractivity contribution in [1.82, 2.24) is 9.78 Å². The standard InChI is InChI=1S/C23H21N3O5S/c1-14-3-6-17(9-15(14)2)26-23(18-11-32(28,29)12-19(18)25-26)24-22(27)8-5-16-4-7-20-21(10-16)31-13-30-20/h3-10H,11-13H2,1-2H3,(H,24,27). The molecule has 2 aromatic carbocycles. The van der Waals surface area contributed by atoms with E-state index < -0.39 is 9.84 Å². The molecule has 3 aromatic rings. The van der Waals surface area contributed by atoms with E-state index in [9.17, 15) is 13.2 Å². The number of ether oxygens (including phenoxy) is 2. The van der Waals surface area contributed by atoms with Crippen LogP contribution in [0.25, 0.3) is 11.8 Å². The number of anilines is 1. The lowest BCUT2D eigenvalue weighted by Crippen LogP contribution is -2.14. The van der Waals surface area contributed by atoms with Gasteiger partial charge in [0.2, 0.25) is 12.7 Å². The van der Waals surface area contributed by atoms with Gasteiger partial charge in [-0.25, -0.2) is 13.1 Å². The molecule has 2 aliphatic rings. The summed E-state index contributed by atoms with van der Waals surface area (Å²) in [5.74, 6) is 1.01. The van der Waals surface area contributed by atoms with Crippen LogP contribution in [0.15, 0.2) is 42.5 Å². The van der Waals surface area contributed by atoms with Crippen LogP contribution in [-0.2, 0) is 26.1 Å². The fourth-order valence-electron chi connectivity index (χ4n) is 3.76. The normalized spacial score (nSPS) is 15.8. The average molecular weight is 452 g/mol. The summed E-state index contributed by atoms with van der Waals surface area (Å²) in [6, 6.07) is 11.2. The van der Waals surface area contributed by atoms with Gasteiger partial charge in [0, 0.05) is 11.6 Å². The van der Waals surface area contributed by atoms with Crippen LogP contribution in [0.2, 0.25) is 0 Å². The second kappa shape index (κ2) is 7.52. The number of aromatic nitrogens is 2. The number of carbonyl (C=O) groups is 1. The van der Waals surface area contributed by atoms with Crippen LogP contribution in [-0.4, -0.2) is 30.9 Å². The molecule has 1 aromatic heterocycles. The van der Waals surface area contributed by atoms with Gasteiger partial charge >= 0.3 is 0 Å². The van der Waals surface area contributed by atoms with Crippen LogP contribution in [0.4, 0.5) is 5.82 Å². The third-order valence-corrected chi connectivity index (χ3v) is 7.03. The highest BCUT2D eigenvalue weighted by Gasteiger charge is 2.33. The van der Waals surface area contributed by atoms with Gasteiger partial charge < -0.3 is 14.8 Å². The molecule has 2 aliphatic heterocycles. The Kier molecular flexibility index (Phi) is 4.78. The molecule has 0 atom stereocenters. The van der Waals surface area contributed by atoms with E-state index in [-0.39, 0.29) is 24.2 Å². The molecule has 0 radical (unpaired) electrons. The van der Waals surface area contributed by atoms with Gasteiger partial charge in [-0.3, -0.25) is 4.79 Å². The lowest BCUT2D eigenvalue weighted by Gasteiger charge is -2.11. The molecular weight excluding hydrogens is 430 g/mol. The minimum absolute atomic E-state index is 0.129. The number of amides is 1. The minimum atomic E-state index is -3.27. The number of fused-ring (bicyclic) bond motifs is 2. The number of nitrogens with one attached hydrogen (secondary N) is 1. The number of carbonyl (C=O) groups excluding carboxylic acids is 1. The Bertz CT molecular complexity index is 1390. The average Bonchev–Trinajstić information content (AvgIpc) is 3.41. The first-order chi connectivity index (χ1) is 15.3. The van der Waals surface area contributed by atoms with Gasteiger partial charge in [-0.15, -0.1) is 0 Å². The third-order valence-electron chi connectivity index (χ3n) is 5.59. The number of rotatable bonds is 4. The third kappa shape index (κ3) is 3.75. The van der Waals surface area contributed by atoms with Gasteiger partial charge in [-0.1, -0.05) is 12.1 Å². The van der Waals surface area contributed by atoms with E-state index in [1.54, 1.807) is 22.9 Å². The monoisotopic (exact) mass is 451 g/mol. The summed E-state index contributed by atoms with van der Waals surface area (Å²) >= 11 is 0. The maximum atomic E-state index is 12.7. The molecule has 9 heteroatoms. The lowest BCUT2D eigenvalue weighted by molar-refractivity contribution is -0.111. The Morgan fingerprint density at radius 3 is 2.69 bits per heavy atom. The molecule has 32 heavy (non-hydrogen) atoms. The quantitative estimate of drug-likeness (QED) is 0.611. The number of nitrogens with zero attached hydrogens (tertiary/aromatic N) is 2. The summed E-state index contributed by atoms with van der Waals surface area (Å²) < 4.78 is 36.5. The van der Waals surface area contributed by atoms with Crippen molar-refractivity contribution < 1.29 is 22.7 Å². The Balaban J connectivity index is 1.45. The summed E-state index contributed by atoms with van der Waals surface area (Å²) in [7, 11) is -3.27. The highest BCUT2D eigenvalue weighted by atomic mass is 32.2. The van der Waals surface area contributed by atoms with E-state index in [2.05, 4.69) is 10.4 Å². The second-order valence-corrected chi connectivity index (χ2v) is 9.99. The van der Waals surface area contributed by atoms with Crippen molar-refractivity contribution in [2.75, 3.05) is 12.1 Å². The summed E-state index contributed by atoms with van der Waals surface area (Å²) in [4.78, 5) is 12.7. The van der Waals surface area contributed by atoms with E-state index in [4.69, 9.17) is 9.47 Å². The van der Waals surface area contributed by atoms with Crippen LogP contribution >= 0.6 is 0 Å². The number of benzene rings is 2. The van der Waals surface area contributed by atoms with Crippen molar-refractivity contribution in [2.24, 2.45) is 0 Å². The van der Waals surface area contributed by atoms with E-state index in [1.165, 1.54) is 6.08 Å². The predicted molar refractivity (Wildman–Crippen MR) is 120 cm³/mol. The van der Waals surface area contributed by atoms with Crippen LogP contribution in [0.1, 0.15) is 27.9 Å². The first kappa shape index (κ1) is 20.3. The first-order valence-corrected chi connectivity index (χ1v) is 11.9. The molecule has 5 rings (SSSR count). The molecule has 0 saturated heterocycles. The Labute approximate surface area is 185 Å². The number of hydrogen-bond donors (Lipinski definition) is 1. The molecule has 3 heterocycles. The Hall–Kier alpha value is -3.59. The molecular formula is C23H21N3O5S. The van der Waals surface area contributed by atoms with Crippen molar-refractivity contribution in [1.29, 1.82) is 0 Å². The number of hydrogen-bond acceptors (Lipinski definition) is 6. The zero-order valence-electron chi connectivity index (χ0n) is 17.6. The molecule has 0 unspecified atom stereocenters. The molecule has 0 saturated carbocycles.